The molecule has 12 aromatic rings. The topological polar surface area (TPSA) is 18.1 Å². The highest BCUT2D eigenvalue weighted by Crippen LogP contribution is 2.47. The molecule has 0 amide bonds. The number of rotatable bonds is 5. The minimum atomic E-state index is -0.449. The van der Waals surface area contributed by atoms with Gasteiger partial charge in [0.15, 0.2) is 0 Å². The van der Waals surface area contributed by atoms with Gasteiger partial charge in [-0.3, -0.25) is 0 Å². The average Bonchev–Trinajstić information content (AvgIpc) is 3.91. The Morgan fingerprint density at radius 2 is 0.931 bits per heavy atom. The predicted octanol–water partition coefficient (Wildman–Crippen LogP) is 15.7. The van der Waals surface area contributed by atoms with Crippen LogP contribution in [0.3, 0.4) is 0 Å². The summed E-state index contributed by atoms with van der Waals surface area (Å²) >= 11 is 0. The summed E-state index contributed by atoms with van der Waals surface area (Å²) in [6, 6.07) is 51.0. The molecule has 0 saturated carbocycles. The van der Waals surface area contributed by atoms with Crippen molar-refractivity contribution in [3.8, 4) is 50.2 Å². The molecule has 0 bridgehead atoms. The molecule has 10 aromatic carbocycles. The van der Waals surface area contributed by atoms with Crippen LogP contribution in [0.2, 0.25) is 0 Å². The van der Waals surface area contributed by atoms with Crippen LogP contribution in [-0.2, 0) is 0 Å². The highest BCUT2D eigenvalue weighted by atomic mass is 16.3. The molecule has 2 aromatic heterocycles. The maximum Gasteiger partial charge on any atom is 0.136 e. The lowest BCUT2D eigenvalue weighted by Gasteiger charge is -2.18. The number of para-hydroxylation sites is 2. The molecule has 12 rings (SSSR count). The Labute approximate surface area is 346 Å². The summed E-state index contributed by atoms with van der Waals surface area (Å²) in [5, 5.41) is 4.32. The first-order valence-electron chi connectivity index (χ1n) is 23.3. The van der Waals surface area contributed by atoms with E-state index in [4.69, 9.17) is 9.90 Å². The number of fused-ring (bicyclic) bond motifs is 8. The average molecular weight is 746 g/mol. The Balaban J connectivity index is 1.14. The molecule has 2 heteroatoms. The van der Waals surface area contributed by atoms with E-state index in [9.17, 15) is 5.48 Å². The zero-order valence-corrected chi connectivity index (χ0v) is 30.9. The summed E-state index contributed by atoms with van der Waals surface area (Å²) in [6.45, 7) is 0. The molecule has 0 saturated heterocycles. The Kier molecular flexibility index (Phi) is 5.68. The van der Waals surface area contributed by atoms with Crippen LogP contribution >= 0.6 is 0 Å². The van der Waals surface area contributed by atoms with E-state index in [0.717, 1.165) is 55.1 Å². The molecular weight excluding hydrogens is 703 g/mol. The molecule has 0 aliphatic heterocycles. The first kappa shape index (κ1) is 25.5. The predicted molar refractivity (Wildman–Crippen MR) is 245 cm³/mol. The number of hydrogen-bond donors (Lipinski definition) is 0. The molecule has 270 valence electrons. The van der Waals surface area contributed by atoms with E-state index in [1.807, 2.05) is 109 Å². The van der Waals surface area contributed by atoms with Crippen molar-refractivity contribution >= 4 is 65.3 Å². The van der Waals surface area contributed by atoms with Crippen molar-refractivity contribution in [1.82, 2.24) is 4.57 Å². The van der Waals surface area contributed by atoms with E-state index in [0.29, 0.717) is 33.2 Å². The molecule has 0 N–H and O–H groups in total. The van der Waals surface area contributed by atoms with Gasteiger partial charge in [0.2, 0.25) is 0 Å². The molecule has 2 nitrogen and oxygen atoms in total. The largest absolute Gasteiger partial charge is 0.456 e. The lowest BCUT2D eigenvalue weighted by Crippen LogP contribution is -1.93. The number of benzene rings is 10. The van der Waals surface area contributed by atoms with Crippen LogP contribution in [0.1, 0.15) is 11.0 Å². The van der Waals surface area contributed by atoms with E-state index in [1.54, 1.807) is 0 Å². The van der Waals surface area contributed by atoms with Crippen molar-refractivity contribution in [3.63, 3.8) is 0 Å². The highest BCUT2D eigenvalue weighted by Gasteiger charge is 2.21. The van der Waals surface area contributed by atoms with Crippen molar-refractivity contribution in [2.75, 3.05) is 0 Å². The number of aromatic nitrogens is 1. The third kappa shape index (κ3) is 4.99. The third-order valence-electron chi connectivity index (χ3n) is 11.4. The van der Waals surface area contributed by atoms with Crippen LogP contribution in [0, 0.1) is 0 Å². The smallest absolute Gasteiger partial charge is 0.136 e. The van der Waals surface area contributed by atoms with Crippen LogP contribution in [0.15, 0.2) is 217 Å². The minimum absolute atomic E-state index is 0.152. The van der Waals surface area contributed by atoms with Crippen LogP contribution in [-0.4, -0.2) is 4.57 Å². The molecule has 0 aliphatic carbocycles. The lowest BCUT2D eigenvalue weighted by molar-refractivity contribution is 0.669. The normalized spacial score (nSPS) is 13.7. The summed E-state index contributed by atoms with van der Waals surface area (Å²) in [5.74, 6) is 0. The van der Waals surface area contributed by atoms with Crippen LogP contribution in [0.25, 0.3) is 115 Å². The van der Waals surface area contributed by atoms with Gasteiger partial charge >= 0.3 is 0 Å². The Morgan fingerprint density at radius 1 is 0.362 bits per heavy atom. The number of nitrogens with zero attached hydrogens (tertiary/aromatic N) is 1. The lowest BCUT2D eigenvalue weighted by atomic mass is 9.84. The number of furan rings is 1. The second kappa shape index (κ2) is 12.9. The molecule has 2 heterocycles. The van der Waals surface area contributed by atoms with Crippen molar-refractivity contribution < 1.29 is 15.4 Å². The van der Waals surface area contributed by atoms with E-state index < -0.39 is 24.2 Å². The third-order valence-corrected chi connectivity index (χ3v) is 11.4. The summed E-state index contributed by atoms with van der Waals surface area (Å²) in [6.07, 6.45) is 0. The van der Waals surface area contributed by atoms with Gasteiger partial charge in [-0.15, -0.1) is 0 Å². The minimum Gasteiger partial charge on any atom is -0.456 e. The van der Waals surface area contributed by atoms with Crippen LogP contribution in [0.5, 0.6) is 0 Å². The molecule has 0 fully saturated rings. The first-order chi connectivity index (χ1) is 32.1. The van der Waals surface area contributed by atoms with Gasteiger partial charge in [-0.25, -0.2) is 0 Å². The summed E-state index contributed by atoms with van der Waals surface area (Å²) in [7, 11) is 0. The van der Waals surface area contributed by atoms with Gasteiger partial charge in [-0.2, -0.15) is 0 Å². The molecule has 0 spiro atoms. The SMILES string of the molecule is [2H]c1c([2H])c([2H])c2c(-c3cccc4oc5cc(-c6ccc7c8ccccc8n(-c8ccccc8)c7c6)ccc5c34)c3c([2H])c([2H])c([2H])c([2H])c3c(-c3cccc(-c4ccccc4)c3)c2c1[2H]. The maximum atomic E-state index is 9.56. The van der Waals surface area contributed by atoms with Crippen molar-refractivity contribution in [1.29, 1.82) is 0 Å². The Morgan fingerprint density at radius 3 is 1.69 bits per heavy atom. The zero-order valence-electron chi connectivity index (χ0n) is 38.9. The van der Waals surface area contributed by atoms with Gasteiger partial charge in [0.05, 0.1) is 22.0 Å². The van der Waals surface area contributed by atoms with Crippen LogP contribution in [0.4, 0.5) is 0 Å². The van der Waals surface area contributed by atoms with Gasteiger partial charge in [-0.1, -0.05) is 164 Å². The van der Waals surface area contributed by atoms with Crippen molar-refractivity contribution in [2.24, 2.45) is 0 Å². The summed E-state index contributed by atoms with van der Waals surface area (Å²) in [5.41, 5.74) is 9.66. The standard InChI is InChI=1S/C56H35NO/c1-3-15-36(16-4-1)37-17-13-18-40(33-37)54-44-22-7-9-24-46(44)55(47-25-10-8-23-45(47)54)49-26-14-28-52-56(49)48-32-30-39(35-53(48)58-52)38-29-31-43-42-21-11-12-27-50(42)57(51(43)34-38)41-19-5-2-6-20-41/h1-35H/i7D,8D,9D,10D,22D,23D,24D,25D. The summed E-state index contributed by atoms with van der Waals surface area (Å²) in [4.78, 5) is 0. The van der Waals surface area contributed by atoms with Crippen molar-refractivity contribution in [3.05, 3.63) is 212 Å². The maximum absolute atomic E-state index is 9.56. The van der Waals surface area contributed by atoms with Crippen LogP contribution < -0.4 is 0 Å². The molecule has 0 atom stereocenters. The monoisotopic (exact) mass is 745 g/mol. The van der Waals surface area contributed by atoms with E-state index in [1.165, 1.54) is 0 Å². The molecular formula is C56H35NO. The van der Waals surface area contributed by atoms with Gasteiger partial charge in [-0.05, 0) is 115 Å². The number of hydrogen-bond acceptors (Lipinski definition) is 1. The Bertz CT molecular complexity index is 3950. The van der Waals surface area contributed by atoms with E-state index in [2.05, 4.69) is 59.2 Å². The highest BCUT2D eigenvalue weighted by molar-refractivity contribution is 6.26. The van der Waals surface area contributed by atoms with Gasteiger partial charge in [0, 0.05) is 27.2 Å². The fourth-order valence-corrected chi connectivity index (χ4v) is 8.89. The quantitative estimate of drug-likeness (QED) is 0.160. The molecule has 58 heavy (non-hydrogen) atoms. The van der Waals surface area contributed by atoms with E-state index in [-0.39, 0.29) is 51.3 Å². The van der Waals surface area contributed by atoms with Gasteiger partial charge < -0.3 is 8.98 Å². The van der Waals surface area contributed by atoms with E-state index >= 15 is 0 Å². The van der Waals surface area contributed by atoms with Gasteiger partial charge in [0.25, 0.3) is 0 Å². The van der Waals surface area contributed by atoms with Crippen molar-refractivity contribution in [2.45, 2.75) is 0 Å². The fraction of sp³-hybridized carbons (Fsp3) is 0. The first-order valence-corrected chi connectivity index (χ1v) is 19.3. The zero-order chi connectivity index (χ0) is 45.1. The second-order valence-electron chi connectivity index (χ2n) is 14.6. The molecule has 0 unspecified atom stereocenters. The van der Waals surface area contributed by atoms with Gasteiger partial charge in [0.1, 0.15) is 11.2 Å². The summed E-state index contributed by atoms with van der Waals surface area (Å²) < 4.78 is 82.9. The molecule has 0 aliphatic rings. The second-order valence-corrected chi connectivity index (χ2v) is 14.6. The Hall–Kier alpha value is -7.68. The fourth-order valence-electron chi connectivity index (χ4n) is 8.89. The molecule has 0 radical (unpaired) electrons.